The Morgan fingerprint density at radius 3 is 2.79 bits per heavy atom. The van der Waals surface area contributed by atoms with Crippen molar-refractivity contribution in [3.63, 3.8) is 0 Å². The summed E-state index contributed by atoms with van der Waals surface area (Å²) in [4.78, 5) is 2.14. The Balaban J connectivity index is 2.27. The minimum Gasteiger partial charge on any atom is -0.394 e. The van der Waals surface area contributed by atoms with Gasteiger partial charge in [0.2, 0.25) is 0 Å². The van der Waals surface area contributed by atoms with Crippen LogP contribution in [-0.4, -0.2) is 16.8 Å². The second kappa shape index (κ2) is 5.65. The molecule has 0 atom stereocenters. The normalized spacial score (nSPS) is 10.7. The molecular formula is C14H19BrN4. The topological polar surface area (TPSA) is 47.1 Å². The van der Waals surface area contributed by atoms with Gasteiger partial charge in [0.05, 0.1) is 11.4 Å². The molecular weight excluding hydrogens is 304 g/mol. The van der Waals surface area contributed by atoms with Gasteiger partial charge in [0.25, 0.3) is 0 Å². The molecule has 4 nitrogen and oxygen atoms in total. The first-order valence-electron chi connectivity index (χ1n) is 6.31. The van der Waals surface area contributed by atoms with E-state index in [4.69, 9.17) is 5.73 Å². The molecule has 0 aliphatic heterocycles. The Bertz CT molecular complexity index is 577. The summed E-state index contributed by atoms with van der Waals surface area (Å²) >= 11 is 3.49. The largest absolute Gasteiger partial charge is 0.394 e. The molecule has 0 saturated heterocycles. The van der Waals surface area contributed by atoms with E-state index in [0.29, 0.717) is 0 Å². The summed E-state index contributed by atoms with van der Waals surface area (Å²) in [7, 11) is 2.04. The van der Waals surface area contributed by atoms with Crippen molar-refractivity contribution >= 4 is 27.4 Å². The fourth-order valence-electron chi connectivity index (χ4n) is 2.19. The average Bonchev–Trinajstić information content (AvgIpc) is 2.65. The predicted molar refractivity (Wildman–Crippen MR) is 83.3 cm³/mol. The third-order valence-corrected chi connectivity index (χ3v) is 3.61. The Kier molecular flexibility index (Phi) is 4.14. The molecule has 0 aliphatic rings. The van der Waals surface area contributed by atoms with Gasteiger partial charge >= 0.3 is 0 Å². The van der Waals surface area contributed by atoms with Gasteiger partial charge in [-0.2, -0.15) is 5.10 Å². The molecule has 0 fully saturated rings. The van der Waals surface area contributed by atoms with Crippen molar-refractivity contribution in [2.45, 2.75) is 26.9 Å². The Morgan fingerprint density at radius 2 is 2.16 bits per heavy atom. The fourth-order valence-corrected chi connectivity index (χ4v) is 2.64. The van der Waals surface area contributed by atoms with Crippen LogP contribution >= 0.6 is 15.9 Å². The van der Waals surface area contributed by atoms with Crippen LogP contribution in [0, 0.1) is 6.92 Å². The Labute approximate surface area is 122 Å². The minimum absolute atomic E-state index is 0.763. The van der Waals surface area contributed by atoms with Crippen molar-refractivity contribution < 1.29 is 0 Å². The zero-order chi connectivity index (χ0) is 14.0. The van der Waals surface area contributed by atoms with Crippen molar-refractivity contribution in [2.75, 3.05) is 17.7 Å². The Morgan fingerprint density at radius 1 is 1.42 bits per heavy atom. The van der Waals surface area contributed by atoms with Crippen molar-refractivity contribution in [2.24, 2.45) is 0 Å². The maximum Gasteiger partial charge on any atom is 0.150 e. The lowest BCUT2D eigenvalue weighted by Crippen LogP contribution is -2.21. The van der Waals surface area contributed by atoms with E-state index in [0.717, 1.165) is 34.8 Å². The third-order valence-electron chi connectivity index (χ3n) is 3.12. The van der Waals surface area contributed by atoms with Crippen LogP contribution in [-0.2, 0) is 13.1 Å². The summed E-state index contributed by atoms with van der Waals surface area (Å²) in [6, 6.07) is 8.29. The molecule has 0 bridgehead atoms. The number of hydrogen-bond acceptors (Lipinski definition) is 3. The maximum absolute atomic E-state index is 6.13. The summed E-state index contributed by atoms with van der Waals surface area (Å²) in [5, 5.41) is 4.45. The highest BCUT2D eigenvalue weighted by atomic mass is 79.9. The lowest BCUT2D eigenvalue weighted by molar-refractivity contribution is 0.640. The molecule has 1 aromatic carbocycles. The van der Waals surface area contributed by atoms with Gasteiger partial charge in [-0.15, -0.1) is 0 Å². The molecule has 1 aromatic heterocycles. The lowest BCUT2D eigenvalue weighted by Gasteiger charge is -2.21. The fraction of sp³-hybridized carbons (Fsp3) is 0.357. The van der Waals surface area contributed by atoms with Crippen LogP contribution in [0.4, 0.5) is 11.5 Å². The zero-order valence-electron chi connectivity index (χ0n) is 11.5. The van der Waals surface area contributed by atoms with Gasteiger partial charge in [-0.05, 0) is 31.5 Å². The molecule has 5 heteroatoms. The minimum atomic E-state index is 0.763. The number of nitrogens with zero attached hydrogens (tertiary/aromatic N) is 3. The number of halogens is 1. The SMILES string of the molecule is CCn1nc(C)c(N)c1N(C)Cc1cccc(Br)c1. The van der Waals surface area contributed by atoms with E-state index in [9.17, 15) is 0 Å². The highest BCUT2D eigenvalue weighted by Crippen LogP contribution is 2.27. The molecule has 2 aromatic rings. The predicted octanol–water partition coefficient (Wildman–Crippen LogP) is 3.19. The van der Waals surface area contributed by atoms with Gasteiger partial charge in [-0.25, -0.2) is 4.68 Å². The molecule has 19 heavy (non-hydrogen) atoms. The first-order valence-corrected chi connectivity index (χ1v) is 7.10. The van der Waals surface area contributed by atoms with Crippen LogP contribution in [0.5, 0.6) is 0 Å². The van der Waals surface area contributed by atoms with Crippen LogP contribution in [0.3, 0.4) is 0 Å². The molecule has 0 spiro atoms. The summed E-state index contributed by atoms with van der Waals surface area (Å²) in [5.41, 5.74) is 9.01. The van der Waals surface area contributed by atoms with Gasteiger partial charge in [0.15, 0.2) is 5.82 Å². The van der Waals surface area contributed by atoms with Gasteiger partial charge in [0.1, 0.15) is 0 Å². The highest BCUT2D eigenvalue weighted by molar-refractivity contribution is 9.10. The summed E-state index contributed by atoms with van der Waals surface area (Å²) in [6.45, 7) is 5.63. The lowest BCUT2D eigenvalue weighted by atomic mass is 10.2. The van der Waals surface area contributed by atoms with Crippen molar-refractivity contribution in [1.29, 1.82) is 0 Å². The van der Waals surface area contributed by atoms with Crippen molar-refractivity contribution in [1.82, 2.24) is 9.78 Å². The molecule has 2 rings (SSSR count). The van der Waals surface area contributed by atoms with Gasteiger partial charge < -0.3 is 10.6 Å². The molecule has 0 unspecified atom stereocenters. The molecule has 0 aliphatic carbocycles. The quantitative estimate of drug-likeness (QED) is 0.940. The number of rotatable bonds is 4. The smallest absolute Gasteiger partial charge is 0.150 e. The van der Waals surface area contributed by atoms with Crippen LogP contribution in [0.1, 0.15) is 18.2 Å². The Hall–Kier alpha value is -1.49. The van der Waals surface area contributed by atoms with Gasteiger partial charge in [-0.1, -0.05) is 28.1 Å². The average molecular weight is 323 g/mol. The van der Waals surface area contributed by atoms with Crippen molar-refractivity contribution in [3.8, 4) is 0 Å². The molecule has 102 valence electrons. The summed E-state index contributed by atoms with van der Waals surface area (Å²) in [6.07, 6.45) is 0. The van der Waals surface area contributed by atoms with E-state index in [1.807, 2.05) is 30.8 Å². The number of aromatic nitrogens is 2. The van der Waals surface area contributed by atoms with Crippen LogP contribution in [0.15, 0.2) is 28.7 Å². The van der Waals surface area contributed by atoms with Crippen LogP contribution in [0.25, 0.3) is 0 Å². The summed E-state index contributed by atoms with van der Waals surface area (Å²) in [5.74, 6) is 0.986. The number of hydrogen-bond donors (Lipinski definition) is 1. The standard InChI is InChI=1S/C14H19BrN4/c1-4-19-14(13(16)10(2)17-19)18(3)9-11-6-5-7-12(15)8-11/h5-8H,4,9,16H2,1-3H3. The van der Waals surface area contributed by atoms with Crippen LogP contribution < -0.4 is 10.6 Å². The van der Waals surface area contributed by atoms with E-state index >= 15 is 0 Å². The van der Waals surface area contributed by atoms with E-state index in [2.05, 4.69) is 45.0 Å². The monoisotopic (exact) mass is 322 g/mol. The first-order chi connectivity index (χ1) is 9.02. The zero-order valence-corrected chi connectivity index (χ0v) is 13.1. The number of nitrogens with two attached hydrogens (primary N) is 1. The highest BCUT2D eigenvalue weighted by Gasteiger charge is 2.15. The van der Waals surface area contributed by atoms with Crippen LogP contribution in [0.2, 0.25) is 0 Å². The third kappa shape index (κ3) is 2.92. The van der Waals surface area contributed by atoms with Crippen molar-refractivity contribution in [3.05, 3.63) is 40.0 Å². The van der Waals surface area contributed by atoms with E-state index in [1.165, 1.54) is 5.56 Å². The molecule has 1 heterocycles. The number of nitrogen functional groups attached to an aromatic ring is 1. The summed E-state index contributed by atoms with van der Waals surface area (Å²) < 4.78 is 3.04. The molecule has 2 N–H and O–H groups in total. The number of anilines is 2. The second-order valence-corrected chi connectivity index (χ2v) is 5.54. The molecule has 0 saturated carbocycles. The number of benzene rings is 1. The molecule has 0 radical (unpaired) electrons. The van der Waals surface area contributed by atoms with E-state index in [1.54, 1.807) is 0 Å². The first kappa shape index (κ1) is 13.9. The van der Waals surface area contributed by atoms with Gasteiger partial charge in [-0.3, -0.25) is 0 Å². The second-order valence-electron chi connectivity index (χ2n) is 4.62. The maximum atomic E-state index is 6.13. The molecule has 0 amide bonds. The van der Waals surface area contributed by atoms with Gasteiger partial charge in [0, 0.05) is 24.6 Å². The number of aryl methyl sites for hydroxylation is 2. The van der Waals surface area contributed by atoms with E-state index < -0.39 is 0 Å². The van der Waals surface area contributed by atoms with E-state index in [-0.39, 0.29) is 0 Å².